The SMILES string of the molecule is CC/C=C\C/C=C\C/C=C\C/C=C\C/C=C\C/C=C\C/C=C\C/C=C\C/C=C\CCCCCCCCCC(=O)OC(COC(=O)CCCCCCCCCCCCCCCCCC)COP(=O)(O)OCCN. The van der Waals surface area contributed by atoms with E-state index in [9.17, 15) is 19.0 Å². The third-order valence-electron chi connectivity index (χ3n) is 11.9. The standard InChI is InChI=1S/C62H106NO8P/c1-3-5-7-9-11-13-15-17-19-21-22-23-24-25-26-27-28-29-30-31-32-33-34-35-36-37-38-39-41-43-45-47-49-51-53-55-62(65)71-60(59-70-72(66,67)69-57-56-63)58-68-61(64)54-52-50-48-46-44-42-40-20-18-16-14-12-10-8-6-4-2/h5,7,11,13,17,19,22-23,25-26,28-29,31-32,34-35,37-38,60H,3-4,6,8-10,12,14-16,18,20-21,24,27,30,33,36,39-59,63H2,1-2H3,(H,66,67)/b7-5-,13-11-,19-17-,23-22-,26-25-,29-28-,32-31-,35-34-,38-37-. The van der Waals surface area contributed by atoms with E-state index >= 15 is 0 Å². The highest BCUT2D eigenvalue weighted by molar-refractivity contribution is 7.47. The van der Waals surface area contributed by atoms with Gasteiger partial charge in [0.2, 0.25) is 0 Å². The van der Waals surface area contributed by atoms with Gasteiger partial charge in [-0.2, -0.15) is 0 Å². The molecule has 72 heavy (non-hydrogen) atoms. The third-order valence-corrected chi connectivity index (χ3v) is 12.9. The number of hydrogen-bond donors (Lipinski definition) is 2. The summed E-state index contributed by atoms with van der Waals surface area (Å²) in [6, 6.07) is 0. The Balaban J connectivity index is 4.02. The minimum absolute atomic E-state index is 0.0475. The van der Waals surface area contributed by atoms with Crippen LogP contribution < -0.4 is 5.73 Å². The zero-order valence-electron chi connectivity index (χ0n) is 45.9. The van der Waals surface area contributed by atoms with E-state index in [1.165, 1.54) is 103 Å². The number of rotatable bonds is 53. The number of nitrogens with two attached hydrogens (primary N) is 1. The molecule has 0 aliphatic carbocycles. The van der Waals surface area contributed by atoms with Gasteiger partial charge in [0.25, 0.3) is 0 Å². The Labute approximate surface area is 441 Å². The van der Waals surface area contributed by atoms with Crippen molar-refractivity contribution in [3.8, 4) is 0 Å². The third kappa shape index (κ3) is 56.0. The van der Waals surface area contributed by atoms with Crippen LogP contribution in [0.4, 0.5) is 0 Å². The Morgan fingerprint density at radius 1 is 0.431 bits per heavy atom. The van der Waals surface area contributed by atoms with E-state index in [4.69, 9.17) is 24.3 Å². The molecule has 0 aromatic rings. The molecule has 9 nitrogen and oxygen atoms in total. The molecule has 0 saturated heterocycles. The molecule has 0 aliphatic rings. The highest BCUT2D eigenvalue weighted by Gasteiger charge is 2.26. The first-order chi connectivity index (χ1) is 35.3. The molecule has 0 aromatic heterocycles. The van der Waals surface area contributed by atoms with Crippen LogP contribution in [0.2, 0.25) is 0 Å². The van der Waals surface area contributed by atoms with Crippen molar-refractivity contribution in [2.45, 2.75) is 245 Å². The summed E-state index contributed by atoms with van der Waals surface area (Å²) in [7, 11) is -4.39. The molecule has 412 valence electrons. The van der Waals surface area contributed by atoms with Gasteiger partial charge in [0.1, 0.15) is 6.61 Å². The second-order valence-corrected chi connectivity index (χ2v) is 20.2. The average molecular weight is 1020 g/mol. The fourth-order valence-electron chi connectivity index (χ4n) is 7.69. The van der Waals surface area contributed by atoms with Crippen molar-refractivity contribution in [2.24, 2.45) is 5.73 Å². The van der Waals surface area contributed by atoms with Crippen LogP contribution in [0.3, 0.4) is 0 Å². The van der Waals surface area contributed by atoms with Gasteiger partial charge in [-0.25, -0.2) is 4.57 Å². The van der Waals surface area contributed by atoms with Crippen molar-refractivity contribution < 1.29 is 37.6 Å². The summed E-state index contributed by atoms with van der Waals surface area (Å²) >= 11 is 0. The number of phosphoric ester groups is 1. The van der Waals surface area contributed by atoms with Crippen molar-refractivity contribution in [2.75, 3.05) is 26.4 Å². The fraction of sp³-hybridized carbons (Fsp3) is 0.677. The Bertz CT molecular complexity index is 1540. The predicted octanol–water partition coefficient (Wildman–Crippen LogP) is 18.2. The first kappa shape index (κ1) is 68.7. The Morgan fingerprint density at radius 3 is 1.14 bits per heavy atom. The topological polar surface area (TPSA) is 134 Å². The average Bonchev–Trinajstić information content (AvgIpc) is 3.37. The number of carbonyl (C=O) groups is 2. The van der Waals surface area contributed by atoms with Crippen LogP contribution in [0, 0.1) is 0 Å². The van der Waals surface area contributed by atoms with E-state index in [1.54, 1.807) is 0 Å². The lowest BCUT2D eigenvalue weighted by Crippen LogP contribution is -2.29. The molecule has 0 bridgehead atoms. The number of ether oxygens (including phenoxy) is 2. The highest BCUT2D eigenvalue weighted by atomic mass is 31.2. The minimum atomic E-state index is -4.39. The van der Waals surface area contributed by atoms with E-state index in [-0.39, 0.29) is 38.6 Å². The van der Waals surface area contributed by atoms with Crippen molar-refractivity contribution in [3.05, 3.63) is 109 Å². The summed E-state index contributed by atoms with van der Waals surface area (Å²) in [5.74, 6) is -0.840. The molecule has 0 aromatic carbocycles. The van der Waals surface area contributed by atoms with Gasteiger partial charge in [-0.05, 0) is 83.5 Å². The molecule has 0 heterocycles. The second kappa shape index (κ2) is 57.0. The van der Waals surface area contributed by atoms with Gasteiger partial charge in [0.05, 0.1) is 13.2 Å². The summed E-state index contributed by atoms with van der Waals surface area (Å²) in [6.45, 7) is 3.62. The molecule has 10 heteroatoms. The van der Waals surface area contributed by atoms with Gasteiger partial charge in [-0.15, -0.1) is 0 Å². The molecule has 0 spiro atoms. The monoisotopic (exact) mass is 1020 g/mol. The first-order valence-electron chi connectivity index (χ1n) is 28.9. The highest BCUT2D eigenvalue weighted by Crippen LogP contribution is 2.43. The zero-order chi connectivity index (χ0) is 52.4. The molecular formula is C62H106NO8P. The number of allylic oxidation sites excluding steroid dienone is 18. The maximum Gasteiger partial charge on any atom is 0.472 e. The number of carbonyl (C=O) groups excluding carboxylic acids is 2. The van der Waals surface area contributed by atoms with Gasteiger partial charge >= 0.3 is 19.8 Å². The fourth-order valence-corrected chi connectivity index (χ4v) is 8.45. The van der Waals surface area contributed by atoms with Crippen molar-refractivity contribution >= 4 is 19.8 Å². The lowest BCUT2D eigenvalue weighted by molar-refractivity contribution is -0.161. The largest absolute Gasteiger partial charge is 0.472 e. The molecule has 0 radical (unpaired) electrons. The van der Waals surface area contributed by atoms with Crippen LogP contribution in [0.25, 0.3) is 0 Å². The maximum atomic E-state index is 12.7. The van der Waals surface area contributed by atoms with E-state index < -0.39 is 26.5 Å². The number of esters is 2. The minimum Gasteiger partial charge on any atom is -0.462 e. The van der Waals surface area contributed by atoms with E-state index in [0.29, 0.717) is 6.42 Å². The van der Waals surface area contributed by atoms with Gasteiger partial charge in [0.15, 0.2) is 6.10 Å². The second-order valence-electron chi connectivity index (χ2n) is 18.8. The summed E-state index contributed by atoms with van der Waals surface area (Å²) < 4.78 is 33.0. The molecule has 0 aliphatic heterocycles. The Hall–Kier alpha value is -3.33. The predicted molar refractivity (Wildman–Crippen MR) is 307 cm³/mol. The molecule has 0 amide bonds. The number of hydrogen-bond acceptors (Lipinski definition) is 8. The van der Waals surface area contributed by atoms with Crippen LogP contribution in [0.5, 0.6) is 0 Å². The smallest absolute Gasteiger partial charge is 0.462 e. The van der Waals surface area contributed by atoms with Gasteiger partial charge in [-0.1, -0.05) is 252 Å². The van der Waals surface area contributed by atoms with Crippen molar-refractivity contribution in [3.63, 3.8) is 0 Å². The van der Waals surface area contributed by atoms with Gasteiger partial charge in [0, 0.05) is 19.4 Å². The Kier molecular flexibility index (Phi) is 54.3. The lowest BCUT2D eigenvalue weighted by atomic mass is 10.0. The number of phosphoric acid groups is 1. The molecule has 0 fully saturated rings. The van der Waals surface area contributed by atoms with E-state index in [1.807, 2.05) is 0 Å². The lowest BCUT2D eigenvalue weighted by Gasteiger charge is -2.19. The molecule has 0 saturated carbocycles. The summed E-state index contributed by atoms with van der Waals surface area (Å²) in [4.78, 5) is 35.1. The van der Waals surface area contributed by atoms with Gasteiger partial charge in [-0.3, -0.25) is 18.6 Å². The van der Waals surface area contributed by atoms with Crippen LogP contribution in [0.15, 0.2) is 109 Å². The summed E-state index contributed by atoms with van der Waals surface area (Å²) in [5.41, 5.74) is 5.38. The Morgan fingerprint density at radius 2 is 0.764 bits per heavy atom. The molecule has 3 N–H and O–H groups in total. The van der Waals surface area contributed by atoms with Crippen LogP contribution >= 0.6 is 7.82 Å². The quantitative estimate of drug-likeness (QED) is 0.0264. The first-order valence-corrected chi connectivity index (χ1v) is 30.4. The van der Waals surface area contributed by atoms with E-state index in [2.05, 4.69) is 123 Å². The van der Waals surface area contributed by atoms with Crippen LogP contribution in [0.1, 0.15) is 239 Å². The number of unbranched alkanes of at least 4 members (excludes halogenated alkanes) is 22. The van der Waals surface area contributed by atoms with E-state index in [0.717, 1.165) is 103 Å². The summed E-state index contributed by atoms with van der Waals surface area (Å²) in [6.07, 6.45) is 77.1. The van der Waals surface area contributed by atoms with Crippen molar-refractivity contribution in [1.29, 1.82) is 0 Å². The normalized spacial score (nSPS) is 13.9. The maximum absolute atomic E-state index is 12.7. The van der Waals surface area contributed by atoms with Gasteiger partial charge < -0.3 is 20.1 Å². The molecular weight excluding hydrogens is 918 g/mol. The molecule has 2 unspecified atom stereocenters. The summed E-state index contributed by atoms with van der Waals surface area (Å²) in [5, 5.41) is 0. The zero-order valence-corrected chi connectivity index (χ0v) is 46.8. The van der Waals surface area contributed by atoms with Crippen LogP contribution in [-0.2, 0) is 32.7 Å². The van der Waals surface area contributed by atoms with Crippen molar-refractivity contribution in [1.82, 2.24) is 0 Å². The molecule has 2 atom stereocenters. The van der Waals surface area contributed by atoms with Crippen LogP contribution in [-0.4, -0.2) is 49.3 Å². The molecule has 0 rings (SSSR count).